The number of carbonyl (C=O) groups is 1. The van der Waals surface area contributed by atoms with E-state index in [-0.39, 0.29) is 0 Å². The Balaban J connectivity index is 2.13. The third-order valence-electron chi connectivity index (χ3n) is 3.10. The molecule has 3 atom stereocenters. The first kappa shape index (κ1) is 6.35. The monoisotopic (exact) mass is 139 g/mol. The summed E-state index contributed by atoms with van der Waals surface area (Å²) in [6, 6.07) is 1.23. The van der Waals surface area contributed by atoms with E-state index >= 15 is 0 Å². The van der Waals surface area contributed by atoms with Gasteiger partial charge in [-0.15, -0.1) is 0 Å². The summed E-state index contributed by atoms with van der Waals surface area (Å²) < 4.78 is 0. The van der Waals surface area contributed by atoms with Crippen molar-refractivity contribution in [3.8, 4) is 0 Å². The number of Topliss-reactive ketones (excluding diaryl/α,β-unsaturated/α-hetero) is 1. The topological polar surface area (TPSA) is 20.3 Å². The van der Waals surface area contributed by atoms with Crippen molar-refractivity contribution in [3.63, 3.8) is 0 Å². The van der Waals surface area contributed by atoms with E-state index < -0.39 is 0 Å². The number of rotatable bonds is 0. The van der Waals surface area contributed by atoms with Crippen LogP contribution in [0.25, 0.3) is 0 Å². The van der Waals surface area contributed by atoms with Crippen LogP contribution in [0.15, 0.2) is 0 Å². The SMILES string of the molecule is C[C@@H]1C[C@H]2C(=O)C[C@H]2N1C. The van der Waals surface area contributed by atoms with Crippen LogP contribution >= 0.6 is 0 Å². The number of ketones is 1. The van der Waals surface area contributed by atoms with Crippen molar-refractivity contribution in [2.45, 2.75) is 31.8 Å². The molecule has 1 aliphatic carbocycles. The van der Waals surface area contributed by atoms with E-state index in [1.807, 2.05) is 0 Å². The number of nitrogens with zero attached hydrogens (tertiary/aromatic N) is 1. The van der Waals surface area contributed by atoms with Gasteiger partial charge in [0.2, 0.25) is 0 Å². The molecule has 0 unspecified atom stereocenters. The quantitative estimate of drug-likeness (QED) is 0.491. The molecule has 0 aromatic heterocycles. The Bertz CT molecular complexity index is 178. The van der Waals surface area contributed by atoms with E-state index in [1.165, 1.54) is 0 Å². The van der Waals surface area contributed by atoms with Crippen LogP contribution in [0.2, 0.25) is 0 Å². The molecule has 2 rings (SSSR count). The van der Waals surface area contributed by atoms with Crippen LogP contribution in [0.3, 0.4) is 0 Å². The molecule has 0 bridgehead atoms. The van der Waals surface area contributed by atoms with E-state index in [2.05, 4.69) is 18.9 Å². The molecule has 1 heterocycles. The zero-order chi connectivity index (χ0) is 7.30. The van der Waals surface area contributed by atoms with E-state index in [1.54, 1.807) is 0 Å². The van der Waals surface area contributed by atoms with Gasteiger partial charge in [-0.05, 0) is 20.4 Å². The van der Waals surface area contributed by atoms with Crippen molar-refractivity contribution >= 4 is 5.78 Å². The summed E-state index contributed by atoms with van der Waals surface area (Å²) >= 11 is 0. The molecule has 0 N–H and O–H groups in total. The van der Waals surface area contributed by atoms with Gasteiger partial charge >= 0.3 is 0 Å². The molecule has 10 heavy (non-hydrogen) atoms. The Hall–Kier alpha value is -0.370. The maximum Gasteiger partial charge on any atom is 0.139 e. The molecule has 2 fully saturated rings. The number of fused-ring (bicyclic) bond motifs is 1. The average molecular weight is 139 g/mol. The highest BCUT2D eigenvalue weighted by Gasteiger charge is 2.48. The molecule has 56 valence electrons. The van der Waals surface area contributed by atoms with Crippen molar-refractivity contribution in [2.75, 3.05) is 7.05 Å². The van der Waals surface area contributed by atoms with Crippen LogP contribution in [0, 0.1) is 5.92 Å². The van der Waals surface area contributed by atoms with Gasteiger partial charge < -0.3 is 0 Å². The van der Waals surface area contributed by atoms with Crippen molar-refractivity contribution in [1.82, 2.24) is 4.90 Å². The average Bonchev–Trinajstić information content (AvgIpc) is 2.12. The number of hydrogen-bond acceptors (Lipinski definition) is 2. The van der Waals surface area contributed by atoms with Crippen LogP contribution in [-0.2, 0) is 4.79 Å². The smallest absolute Gasteiger partial charge is 0.139 e. The lowest BCUT2D eigenvalue weighted by molar-refractivity contribution is -0.131. The van der Waals surface area contributed by atoms with Gasteiger partial charge in [0, 0.05) is 24.4 Å². The van der Waals surface area contributed by atoms with E-state index in [9.17, 15) is 4.79 Å². The first-order valence-electron chi connectivity index (χ1n) is 3.95. The first-order chi connectivity index (χ1) is 4.70. The van der Waals surface area contributed by atoms with E-state index in [0.717, 1.165) is 12.8 Å². The van der Waals surface area contributed by atoms with Gasteiger partial charge in [-0.3, -0.25) is 9.69 Å². The fourth-order valence-electron chi connectivity index (χ4n) is 2.13. The second-order valence-electron chi connectivity index (χ2n) is 3.59. The molecule has 1 saturated heterocycles. The Kier molecular flexibility index (Phi) is 1.15. The van der Waals surface area contributed by atoms with Crippen LogP contribution < -0.4 is 0 Å². The normalized spacial score (nSPS) is 47.0. The zero-order valence-electron chi connectivity index (χ0n) is 6.50. The lowest BCUT2D eigenvalue weighted by Gasteiger charge is -2.32. The van der Waals surface area contributed by atoms with Crippen molar-refractivity contribution in [3.05, 3.63) is 0 Å². The Morgan fingerprint density at radius 3 is 2.70 bits per heavy atom. The minimum Gasteiger partial charge on any atom is -0.300 e. The number of hydrogen-bond donors (Lipinski definition) is 0. The summed E-state index contributed by atoms with van der Waals surface area (Å²) in [4.78, 5) is 13.3. The van der Waals surface area contributed by atoms with Gasteiger partial charge in [-0.25, -0.2) is 0 Å². The largest absolute Gasteiger partial charge is 0.300 e. The number of carbonyl (C=O) groups excluding carboxylic acids is 1. The second kappa shape index (κ2) is 1.82. The molecule has 0 aromatic rings. The first-order valence-corrected chi connectivity index (χ1v) is 3.95. The third-order valence-corrected chi connectivity index (χ3v) is 3.10. The number of likely N-dealkylation sites (tertiary alicyclic amines) is 1. The van der Waals surface area contributed by atoms with Gasteiger partial charge in [0.1, 0.15) is 5.78 Å². The Labute approximate surface area is 61.2 Å². The van der Waals surface area contributed by atoms with Gasteiger partial charge in [0.25, 0.3) is 0 Å². The Morgan fingerprint density at radius 2 is 2.30 bits per heavy atom. The molecule has 0 radical (unpaired) electrons. The fraction of sp³-hybridized carbons (Fsp3) is 0.875. The van der Waals surface area contributed by atoms with E-state index in [0.29, 0.717) is 23.8 Å². The summed E-state index contributed by atoms with van der Waals surface area (Å²) in [5.41, 5.74) is 0. The molecule has 0 aromatic carbocycles. The van der Waals surface area contributed by atoms with Crippen LogP contribution in [-0.4, -0.2) is 29.8 Å². The summed E-state index contributed by atoms with van der Waals surface area (Å²) in [6.07, 6.45) is 1.91. The molecule has 0 amide bonds. The standard InChI is InChI=1S/C8H13NO/c1-5-3-6-7(9(5)2)4-8(6)10/h5-7H,3-4H2,1-2H3/t5-,6-,7-/m1/s1. The maximum absolute atomic E-state index is 11.0. The predicted octanol–water partition coefficient (Wildman–Crippen LogP) is 0.668. The minimum atomic E-state index is 0.403. The Morgan fingerprint density at radius 1 is 1.60 bits per heavy atom. The molecule has 2 heteroatoms. The van der Waals surface area contributed by atoms with Crippen LogP contribution in [0.4, 0.5) is 0 Å². The highest BCUT2D eigenvalue weighted by atomic mass is 16.1. The third kappa shape index (κ3) is 0.601. The van der Waals surface area contributed by atoms with Crippen molar-refractivity contribution in [2.24, 2.45) is 5.92 Å². The molecule has 2 aliphatic rings. The highest BCUT2D eigenvalue weighted by molar-refractivity contribution is 5.89. The zero-order valence-corrected chi connectivity index (χ0v) is 6.50. The van der Waals surface area contributed by atoms with Gasteiger partial charge in [-0.1, -0.05) is 0 Å². The second-order valence-corrected chi connectivity index (χ2v) is 3.59. The van der Waals surface area contributed by atoms with Crippen molar-refractivity contribution in [1.29, 1.82) is 0 Å². The lowest BCUT2D eigenvalue weighted by Crippen LogP contribution is -2.45. The van der Waals surface area contributed by atoms with Gasteiger partial charge in [0.15, 0.2) is 0 Å². The summed E-state index contributed by atoms with van der Waals surface area (Å²) in [5, 5.41) is 0. The summed E-state index contributed by atoms with van der Waals surface area (Å²) in [6.45, 7) is 2.20. The molecule has 1 saturated carbocycles. The summed E-state index contributed by atoms with van der Waals surface area (Å²) in [5.74, 6) is 0.890. The fourth-order valence-corrected chi connectivity index (χ4v) is 2.13. The highest BCUT2D eigenvalue weighted by Crippen LogP contribution is 2.39. The minimum absolute atomic E-state index is 0.403. The van der Waals surface area contributed by atoms with Crippen molar-refractivity contribution < 1.29 is 4.79 Å². The lowest BCUT2D eigenvalue weighted by atomic mass is 9.78. The van der Waals surface area contributed by atoms with E-state index in [4.69, 9.17) is 0 Å². The van der Waals surface area contributed by atoms with Gasteiger partial charge in [0.05, 0.1) is 0 Å². The predicted molar refractivity (Wildman–Crippen MR) is 38.7 cm³/mol. The maximum atomic E-state index is 11.0. The summed E-state index contributed by atoms with van der Waals surface area (Å²) in [7, 11) is 2.13. The molecular weight excluding hydrogens is 126 g/mol. The molecule has 1 aliphatic heterocycles. The van der Waals surface area contributed by atoms with Crippen LogP contribution in [0.1, 0.15) is 19.8 Å². The molecule has 2 nitrogen and oxygen atoms in total. The molecule has 0 spiro atoms. The van der Waals surface area contributed by atoms with Gasteiger partial charge in [-0.2, -0.15) is 0 Å². The molecular formula is C8H13NO. The van der Waals surface area contributed by atoms with Crippen LogP contribution in [0.5, 0.6) is 0 Å².